The highest BCUT2D eigenvalue weighted by Gasteiger charge is 2.20. The van der Waals surface area contributed by atoms with E-state index in [2.05, 4.69) is 197 Å². The fourth-order valence-electron chi connectivity index (χ4n) is 7.95. The summed E-state index contributed by atoms with van der Waals surface area (Å²) in [6.45, 7) is 0. The van der Waals surface area contributed by atoms with Crippen molar-refractivity contribution in [2.75, 3.05) is 0 Å². The van der Waals surface area contributed by atoms with E-state index in [-0.39, 0.29) is 5.92 Å². The van der Waals surface area contributed by atoms with Gasteiger partial charge in [0, 0.05) is 39.6 Å². The van der Waals surface area contributed by atoms with Crippen molar-refractivity contribution in [3.05, 3.63) is 205 Å². The molecule has 0 aliphatic rings. The molecule has 49 heavy (non-hydrogen) atoms. The second-order valence-corrected chi connectivity index (χ2v) is 13.0. The molecular formula is C47H32N2. The number of aromatic nitrogens is 2. The Morgan fingerprint density at radius 1 is 0.347 bits per heavy atom. The van der Waals surface area contributed by atoms with Gasteiger partial charge in [-0.25, -0.2) is 0 Å². The van der Waals surface area contributed by atoms with E-state index in [0.717, 1.165) is 5.69 Å². The molecule has 0 radical (unpaired) electrons. The van der Waals surface area contributed by atoms with E-state index in [4.69, 9.17) is 0 Å². The monoisotopic (exact) mass is 624 g/mol. The number of rotatable bonds is 5. The molecule has 0 N–H and O–H groups in total. The number of benzene rings is 8. The molecule has 0 aliphatic carbocycles. The predicted molar refractivity (Wildman–Crippen MR) is 206 cm³/mol. The number of nitrogens with zero attached hydrogens (tertiary/aromatic N) is 2. The summed E-state index contributed by atoms with van der Waals surface area (Å²) < 4.78 is 4.77. The largest absolute Gasteiger partial charge is 0.316 e. The molecular weight excluding hydrogens is 593 g/mol. The van der Waals surface area contributed by atoms with E-state index in [9.17, 15) is 0 Å². The van der Waals surface area contributed by atoms with E-state index >= 15 is 0 Å². The van der Waals surface area contributed by atoms with Crippen LogP contribution in [-0.4, -0.2) is 9.13 Å². The van der Waals surface area contributed by atoms with Gasteiger partial charge in [-0.15, -0.1) is 0 Å². The molecule has 0 amide bonds. The van der Waals surface area contributed by atoms with Gasteiger partial charge in [-0.05, 0) is 80.7 Å². The van der Waals surface area contributed by atoms with Crippen LogP contribution in [0.1, 0.15) is 22.6 Å². The molecule has 2 heterocycles. The molecule has 2 nitrogen and oxygen atoms in total. The molecule has 0 unspecified atom stereocenters. The molecule has 0 aliphatic heterocycles. The zero-order valence-electron chi connectivity index (χ0n) is 26.9. The fraction of sp³-hybridized carbons (Fsp3) is 0.0213. The normalized spacial score (nSPS) is 11.9. The molecule has 0 saturated carbocycles. The molecule has 2 aromatic heterocycles. The zero-order valence-corrected chi connectivity index (χ0v) is 26.9. The first-order valence-electron chi connectivity index (χ1n) is 17.0. The van der Waals surface area contributed by atoms with Crippen molar-refractivity contribution in [2.24, 2.45) is 0 Å². The van der Waals surface area contributed by atoms with Gasteiger partial charge in [0.15, 0.2) is 0 Å². The molecule has 0 atom stereocenters. The van der Waals surface area contributed by atoms with Gasteiger partial charge in [0.2, 0.25) is 0 Å². The standard InChI is InChI=1S/C47H32N2/c1-2-16-39(17-3-1)49-45-20-9-8-19-41(45)42-25-26-44-43(47(42)49)27-28-48(44)40-18-10-15-36(31-40)46(37-23-21-32-11-4-6-13-34(32)29-37)38-24-22-33-12-5-7-14-35(33)30-38/h1-31,46H. The van der Waals surface area contributed by atoms with Gasteiger partial charge in [-0.2, -0.15) is 0 Å². The van der Waals surface area contributed by atoms with Crippen molar-refractivity contribution in [2.45, 2.75) is 5.92 Å². The van der Waals surface area contributed by atoms with Crippen LogP contribution in [0.15, 0.2) is 188 Å². The van der Waals surface area contributed by atoms with Crippen LogP contribution < -0.4 is 0 Å². The number of fused-ring (bicyclic) bond motifs is 7. The third kappa shape index (κ3) is 4.49. The summed E-state index contributed by atoms with van der Waals surface area (Å²) >= 11 is 0. The van der Waals surface area contributed by atoms with Crippen LogP contribution in [0.5, 0.6) is 0 Å². The lowest BCUT2D eigenvalue weighted by atomic mass is 9.83. The Balaban J connectivity index is 1.17. The summed E-state index contributed by atoms with van der Waals surface area (Å²) in [4.78, 5) is 0. The topological polar surface area (TPSA) is 9.86 Å². The summed E-state index contributed by atoms with van der Waals surface area (Å²) in [7, 11) is 0. The maximum atomic E-state index is 2.42. The Morgan fingerprint density at radius 3 is 1.69 bits per heavy atom. The molecule has 8 aromatic carbocycles. The van der Waals surface area contributed by atoms with Crippen molar-refractivity contribution in [1.29, 1.82) is 0 Å². The van der Waals surface area contributed by atoms with E-state index in [0.29, 0.717) is 0 Å². The lowest BCUT2D eigenvalue weighted by molar-refractivity contribution is 0.975. The summed E-state index contributed by atoms with van der Waals surface area (Å²) in [5, 5.41) is 8.82. The minimum atomic E-state index is 0.0725. The second kappa shape index (κ2) is 11.1. The highest BCUT2D eigenvalue weighted by atomic mass is 15.0. The van der Waals surface area contributed by atoms with Crippen molar-refractivity contribution in [3.8, 4) is 11.4 Å². The minimum Gasteiger partial charge on any atom is -0.316 e. The maximum Gasteiger partial charge on any atom is 0.0635 e. The smallest absolute Gasteiger partial charge is 0.0635 e. The van der Waals surface area contributed by atoms with Gasteiger partial charge >= 0.3 is 0 Å². The van der Waals surface area contributed by atoms with Crippen LogP contribution in [0.25, 0.3) is 65.6 Å². The van der Waals surface area contributed by atoms with Crippen molar-refractivity contribution in [1.82, 2.24) is 9.13 Å². The molecule has 10 rings (SSSR count). The fourth-order valence-corrected chi connectivity index (χ4v) is 7.95. The third-order valence-electron chi connectivity index (χ3n) is 10.2. The van der Waals surface area contributed by atoms with Gasteiger partial charge in [0.25, 0.3) is 0 Å². The maximum absolute atomic E-state index is 2.42. The Kier molecular flexibility index (Phi) is 6.28. The molecule has 10 aromatic rings. The van der Waals surface area contributed by atoms with Crippen LogP contribution in [-0.2, 0) is 0 Å². The summed E-state index contributed by atoms with van der Waals surface area (Å²) in [6.07, 6.45) is 2.23. The number of hydrogen-bond donors (Lipinski definition) is 0. The molecule has 0 spiro atoms. The van der Waals surface area contributed by atoms with E-state index in [1.54, 1.807) is 0 Å². The lowest BCUT2D eigenvalue weighted by Crippen LogP contribution is -2.05. The van der Waals surface area contributed by atoms with Gasteiger partial charge in [0.1, 0.15) is 0 Å². The molecule has 0 fully saturated rings. The first-order valence-corrected chi connectivity index (χ1v) is 17.0. The highest BCUT2D eigenvalue weighted by Crippen LogP contribution is 2.39. The van der Waals surface area contributed by atoms with Gasteiger partial charge in [-0.3, -0.25) is 0 Å². The highest BCUT2D eigenvalue weighted by molar-refractivity contribution is 6.18. The summed E-state index contributed by atoms with van der Waals surface area (Å²) in [6, 6.07) is 66.6. The minimum absolute atomic E-state index is 0.0725. The summed E-state index contributed by atoms with van der Waals surface area (Å²) in [5.41, 5.74) is 9.83. The summed E-state index contributed by atoms with van der Waals surface area (Å²) in [5.74, 6) is 0.0725. The number of para-hydroxylation sites is 2. The molecule has 2 heteroatoms. The van der Waals surface area contributed by atoms with Gasteiger partial charge in [-0.1, -0.05) is 140 Å². The van der Waals surface area contributed by atoms with Crippen LogP contribution in [0.4, 0.5) is 0 Å². The van der Waals surface area contributed by atoms with Crippen molar-refractivity contribution >= 4 is 54.3 Å². The quantitative estimate of drug-likeness (QED) is 0.169. The predicted octanol–water partition coefficient (Wildman–Crippen LogP) is 12.2. The zero-order chi connectivity index (χ0) is 32.3. The molecule has 230 valence electrons. The van der Waals surface area contributed by atoms with Gasteiger partial charge < -0.3 is 9.13 Å². The third-order valence-corrected chi connectivity index (χ3v) is 10.2. The number of hydrogen-bond acceptors (Lipinski definition) is 0. The van der Waals surface area contributed by atoms with E-state index in [1.807, 2.05) is 0 Å². The van der Waals surface area contributed by atoms with E-state index in [1.165, 1.54) is 76.6 Å². The first kappa shape index (κ1) is 27.7. The SMILES string of the molecule is c1ccc(-n2c3ccccc3c3ccc4c(ccn4-c4cccc(C(c5ccc6ccccc6c5)c5ccc6ccccc6c5)c4)c32)cc1. The average molecular weight is 625 g/mol. The Bertz CT molecular complexity index is 2760. The van der Waals surface area contributed by atoms with E-state index < -0.39 is 0 Å². The lowest BCUT2D eigenvalue weighted by Gasteiger charge is -2.21. The van der Waals surface area contributed by atoms with Gasteiger partial charge in [0.05, 0.1) is 16.6 Å². The molecule has 0 saturated heterocycles. The first-order chi connectivity index (χ1) is 24.3. The van der Waals surface area contributed by atoms with Crippen LogP contribution in [0.2, 0.25) is 0 Å². The molecule has 0 bridgehead atoms. The van der Waals surface area contributed by atoms with Crippen LogP contribution >= 0.6 is 0 Å². The van der Waals surface area contributed by atoms with Crippen molar-refractivity contribution < 1.29 is 0 Å². The van der Waals surface area contributed by atoms with Crippen molar-refractivity contribution in [3.63, 3.8) is 0 Å². The Morgan fingerprint density at radius 2 is 0.959 bits per heavy atom. The Hall–Kier alpha value is -6.38. The van der Waals surface area contributed by atoms with Crippen LogP contribution in [0.3, 0.4) is 0 Å². The van der Waals surface area contributed by atoms with Crippen LogP contribution in [0, 0.1) is 0 Å². The average Bonchev–Trinajstić information content (AvgIpc) is 3.75. The Labute approximate surface area is 284 Å². The second-order valence-electron chi connectivity index (χ2n) is 13.0.